The summed E-state index contributed by atoms with van der Waals surface area (Å²) in [6.07, 6.45) is -1.84. The predicted octanol–water partition coefficient (Wildman–Crippen LogP) is 6.39. The number of hydrogen-bond acceptors (Lipinski definition) is 6. The zero-order valence-corrected chi connectivity index (χ0v) is 21.4. The Balaban J connectivity index is 1.41. The van der Waals surface area contributed by atoms with E-state index in [9.17, 15) is 22.8 Å². The van der Waals surface area contributed by atoms with Crippen LogP contribution in [-0.4, -0.2) is 44.0 Å². The number of amides is 1. The molecule has 1 atom stereocenters. The molecule has 1 unspecified atom stereocenters. The Kier molecular flexibility index (Phi) is 7.40. The molecule has 40 heavy (non-hydrogen) atoms. The summed E-state index contributed by atoms with van der Waals surface area (Å²) in [6, 6.07) is 16.1. The molecule has 0 saturated heterocycles. The van der Waals surface area contributed by atoms with Gasteiger partial charge in [0.15, 0.2) is 0 Å². The first-order valence-corrected chi connectivity index (χ1v) is 12.4. The molecule has 1 aromatic heterocycles. The van der Waals surface area contributed by atoms with Crippen LogP contribution in [0.4, 0.5) is 13.2 Å². The fourth-order valence-electron chi connectivity index (χ4n) is 4.43. The van der Waals surface area contributed by atoms with Crippen molar-refractivity contribution in [3.63, 3.8) is 0 Å². The Bertz CT molecular complexity index is 1630. The number of carbonyl (C=O) groups excluding carboxylic acids is 1. The van der Waals surface area contributed by atoms with Crippen molar-refractivity contribution in [2.75, 3.05) is 0 Å². The number of nitrogens with zero attached hydrogens (tertiary/aromatic N) is 4. The highest BCUT2D eigenvalue weighted by molar-refractivity contribution is 6.32. The number of fused-ring (bicyclic) bond motifs is 1. The Morgan fingerprint density at radius 3 is 2.27 bits per heavy atom. The number of alkyl halides is 3. The highest BCUT2D eigenvalue weighted by atomic mass is 35.5. The lowest BCUT2D eigenvalue weighted by Crippen LogP contribution is -2.27. The molecule has 2 heterocycles. The van der Waals surface area contributed by atoms with E-state index in [-0.39, 0.29) is 17.9 Å². The van der Waals surface area contributed by atoms with E-state index in [0.29, 0.717) is 34.3 Å². The van der Waals surface area contributed by atoms with Crippen molar-refractivity contribution in [2.45, 2.75) is 31.7 Å². The van der Waals surface area contributed by atoms with Gasteiger partial charge in [0.25, 0.3) is 0 Å². The van der Waals surface area contributed by atoms with Crippen molar-refractivity contribution in [1.29, 1.82) is 0 Å². The predicted molar refractivity (Wildman–Crippen MR) is 141 cm³/mol. The Labute approximate surface area is 230 Å². The average molecular weight is 569 g/mol. The van der Waals surface area contributed by atoms with Crippen LogP contribution in [0.1, 0.15) is 36.4 Å². The quantitative estimate of drug-likeness (QED) is 0.277. The molecule has 1 aliphatic rings. The highest BCUT2D eigenvalue weighted by Gasteiger charge is 2.34. The van der Waals surface area contributed by atoms with E-state index in [2.05, 4.69) is 19.8 Å². The SMILES string of the molecule is O=C(O)CCC(=O)N1N=C(c2ccc(-c3ccc(OC(F)(F)F)c(Cl)c3)cc2)CC1c1ccc2nccnc2c1. The van der Waals surface area contributed by atoms with Crippen molar-refractivity contribution in [3.05, 3.63) is 89.2 Å². The van der Waals surface area contributed by atoms with Gasteiger partial charge in [-0.15, -0.1) is 13.2 Å². The smallest absolute Gasteiger partial charge is 0.481 e. The molecular weight excluding hydrogens is 549 g/mol. The highest BCUT2D eigenvalue weighted by Crippen LogP contribution is 2.36. The normalized spacial score (nSPS) is 15.2. The van der Waals surface area contributed by atoms with Gasteiger partial charge in [0.1, 0.15) is 5.75 Å². The number of ether oxygens (including phenoxy) is 1. The van der Waals surface area contributed by atoms with Gasteiger partial charge in [-0.05, 0) is 46.5 Å². The number of carboxylic acids is 1. The monoisotopic (exact) mass is 568 g/mol. The molecule has 0 radical (unpaired) electrons. The van der Waals surface area contributed by atoms with Crippen LogP contribution in [0.2, 0.25) is 5.02 Å². The largest absolute Gasteiger partial charge is 0.573 e. The summed E-state index contributed by atoms with van der Waals surface area (Å²) >= 11 is 6.00. The number of rotatable bonds is 7. The van der Waals surface area contributed by atoms with Crippen molar-refractivity contribution in [3.8, 4) is 16.9 Å². The summed E-state index contributed by atoms with van der Waals surface area (Å²) in [4.78, 5) is 32.7. The first-order chi connectivity index (χ1) is 19.1. The number of aromatic nitrogens is 2. The molecule has 0 aliphatic carbocycles. The van der Waals surface area contributed by atoms with Gasteiger partial charge >= 0.3 is 12.3 Å². The number of carboxylic acid groups (broad SMARTS) is 1. The van der Waals surface area contributed by atoms with Crippen LogP contribution in [-0.2, 0) is 9.59 Å². The van der Waals surface area contributed by atoms with E-state index in [1.165, 1.54) is 17.1 Å². The van der Waals surface area contributed by atoms with Gasteiger partial charge in [-0.1, -0.05) is 48.0 Å². The lowest BCUT2D eigenvalue weighted by atomic mass is 9.96. The zero-order valence-electron chi connectivity index (χ0n) is 20.6. The molecule has 4 aromatic rings. The van der Waals surface area contributed by atoms with E-state index in [1.54, 1.807) is 42.7 Å². The number of halogens is 4. The second-order valence-electron chi connectivity index (χ2n) is 8.97. The molecule has 0 fully saturated rings. The van der Waals surface area contributed by atoms with Gasteiger partial charge < -0.3 is 9.84 Å². The third-order valence-electron chi connectivity index (χ3n) is 6.31. The fourth-order valence-corrected chi connectivity index (χ4v) is 4.65. The number of hydrogen-bond donors (Lipinski definition) is 1. The molecule has 8 nitrogen and oxygen atoms in total. The van der Waals surface area contributed by atoms with E-state index >= 15 is 0 Å². The molecule has 1 amide bonds. The summed E-state index contributed by atoms with van der Waals surface area (Å²) < 4.78 is 41.6. The van der Waals surface area contributed by atoms with Crippen LogP contribution in [0.3, 0.4) is 0 Å². The molecule has 1 N–H and O–H groups in total. The summed E-state index contributed by atoms with van der Waals surface area (Å²) in [7, 11) is 0. The van der Waals surface area contributed by atoms with Gasteiger partial charge in [0, 0.05) is 25.2 Å². The number of hydrazone groups is 1. The van der Waals surface area contributed by atoms with Gasteiger partial charge in [-0.25, -0.2) is 5.01 Å². The summed E-state index contributed by atoms with van der Waals surface area (Å²) in [5.41, 5.74) is 4.76. The van der Waals surface area contributed by atoms with Crippen molar-refractivity contribution in [1.82, 2.24) is 15.0 Å². The molecule has 12 heteroatoms. The minimum Gasteiger partial charge on any atom is -0.481 e. The number of aliphatic carboxylic acids is 1. The van der Waals surface area contributed by atoms with E-state index in [0.717, 1.165) is 17.2 Å². The number of carbonyl (C=O) groups is 2. The maximum atomic E-state index is 13.0. The minimum absolute atomic E-state index is 0.183. The van der Waals surface area contributed by atoms with Crippen LogP contribution in [0, 0.1) is 0 Å². The Morgan fingerprint density at radius 1 is 0.925 bits per heavy atom. The molecule has 0 saturated carbocycles. The molecule has 1 aliphatic heterocycles. The van der Waals surface area contributed by atoms with E-state index < -0.39 is 30.0 Å². The lowest BCUT2D eigenvalue weighted by molar-refractivity contribution is -0.274. The van der Waals surface area contributed by atoms with Gasteiger partial charge in [0.2, 0.25) is 5.91 Å². The Morgan fingerprint density at radius 2 is 1.60 bits per heavy atom. The Hall–Kier alpha value is -4.51. The van der Waals surface area contributed by atoms with Crippen molar-refractivity contribution in [2.24, 2.45) is 5.10 Å². The van der Waals surface area contributed by atoms with Gasteiger partial charge in [-0.3, -0.25) is 19.6 Å². The molecular formula is C28H20ClF3N4O4. The fraction of sp³-hybridized carbons (Fsp3) is 0.179. The van der Waals surface area contributed by atoms with Crippen molar-refractivity contribution >= 4 is 40.2 Å². The second-order valence-corrected chi connectivity index (χ2v) is 9.38. The number of benzene rings is 3. The first kappa shape index (κ1) is 27.1. The van der Waals surface area contributed by atoms with E-state index in [1.807, 2.05) is 12.1 Å². The van der Waals surface area contributed by atoms with Crippen LogP contribution < -0.4 is 4.74 Å². The zero-order chi connectivity index (χ0) is 28.4. The maximum Gasteiger partial charge on any atom is 0.573 e. The molecule has 5 rings (SSSR count). The lowest BCUT2D eigenvalue weighted by Gasteiger charge is -2.22. The molecule has 204 valence electrons. The van der Waals surface area contributed by atoms with Crippen LogP contribution >= 0.6 is 11.6 Å². The first-order valence-electron chi connectivity index (χ1n) is 12.1. The minimum atomic E-state index is -4.85. The van der Waals surface area contributed by atoms with Crippen LogP contribution in [0.5, 0.6) is 5.75 Å². The molecule has 3 aromatic carbocycles. The topological polar surface area (TPSA) is 105 Å². The third-order valence-corrected chi connectivity index (χ3v) is 6.60. The maximum absolute atomic E-state index is 13.0. The standard InChI is InChI=1S/C28H20ClF3N4O4/c29-20-13-18(6-8-25(20)40-28(30,31)32)16-1-3-17(4-2-16)22-15-24(36(35-22)26(37)9-10-27(38)39)19-5-7-21-23(14-19)34-12-11-33-21/h1-8,11-14,24H,9-10,15H2,(H,38,39). The molecule has 0 bridgehead atoms. The molecule has 0 spiro atoms. The summed E-state index contributed by atoms with van der Waals surface area (Å²) in [5.74, 6) is -2.00. The summed E-state index contributed by atoms with van der Waals surface area (Å²) in [5, 5.41) is 14.8. The van der Waals surface area contributed by atoms with Crippen LogP contribution in [0.15, 0.2) is 78.2 Å². The van der Waals surface area contributed by atoms with Crippen LogP contribution in [0.25, 0.3) is 22.2 Å². The van der Waals surface area contributed by atoms with Gasteiger partial charge in [0.05, 0.1) is 34.2 Å². The summed E-state index contributed by atoms with van der Waals surface area (Å²) in [6.45, 7) is 0. The third kappa shape index (κ3) is 6.04. The van der Waals surface area contributed by atoms with E-state index in [4.69, 9.17) is 16.7 Å². The average Bonchev–Trinajstić information content (AvgIpc) is 3.38. The van der Waals surface area contributed by atoms with Gasteiger partial charge in [-0.2, -0.15) is 5.10 Å². The second kappa shape index (κ2) is 10.9. The van der Waals surface area contributed by atoms with Crippen molar-refractivity contribution < 1.29 is 32.6 Å².